The lowest BCUT2D eigenvalue weighted by molar-refractivity contribution is 0.471. The van der Waals surface area contributed by atoms with E-state index in [9.17, 15) is 5.11 Å². The zero-order valence-corrected chi connectivity index (χ0v) is 8.96. The fourth-order valence-electron chi connectivity index (χ4n) is 1.35. The van der Waals surface area contributed by atoms with E-state index < -0.39 is 0 Å². The third kappa shape index (κ3) is 2.91. The normalized spacial score (nSPS) is 11.0. The highest BCUT2D eigenvalue weighted by Gasteiger charge is 1.97. The molecule has 0 aromatic heterocycles. The highest BCUT2D eigenvalue weighted by Crippen LogP contribution is 2.20. The molecule has 1 rings (SSSR count). The highest BCUT2D eigenvalue weighted by atomic mass is 16.3. The third-order valence-corrected chi connectivity index (χ3v) is 2.37. The minimum absolute atomic E-state index is 0.377. The first-order chi connectivity index (χ1) is 6.75. The van der Waals surface area contributed by atoms with Crippen LogP contribution in [-0.2, 0) is 0 Å². The second kappa shape index (κ2) is 5.48. The van der Waals surface area contributed by atoms with Gasteiger partial charge in [-0.05, 0) is 30.5 Å². The Bertz CT molecular complexity index is 313. The van der Waals surface area contributed by atoms with Gasteiger partial charge in [-0.1, -0.05) is 44.1 Å². The topological polar surface area (TPSA) is 20.2 Å². The van der Waals surface area contributed by atoms with Crippen molar-refractivity contribution in [2.45, 2.75) is 33.1 Å². The van der Waals surface area contributed by atoms with Crippen molar-refractivity contribution in [1.29, 1.82) is 0 Å². The van der Waals surface area contributed by atoms with Gasteiger partial charge in [0, 0.05) is 0 Å². The summed E-state index contributed by atoms with van der Waals surface area (Å²) in [6.45, 7) is 4.13. The SMILES string of the molecule is CCCCC=Cc1cccc(O)c1C. The molecule has 0 unspecified atom stereocenters. The van der Waals surface area contributed by atoms with Crippen LogP contribution in [0.25, 0.3) is 6.08 Å². The predicted molar refractivity (Wildman–Crippen MR) is 61.4 cm³/mol. The van der Waals surface area contributed by atoms with Crippen LogP contribution in [0, 0.1) is 6.92 Å². The second-order valence-electron chi connectivity index (χ2n) is 3.54. The van der Waals surface area contributed by atoms with Crippen LogP contribution in [0.4, 0.5) is 0 Å². The molecule has 0 aliphatic rings. The van der Waals surface area contributed by atoms with Crippen molar-refractivity contribution in [3.8, 4) is 5.75 Å². The maximum atomic E-state index is 9.47. The average molecular weight is 190 g/mol. The molecule has 0 amide bonds. The molecule has 0 radical (unpaired) electrons. The maximum Gasteiger partial charge on any atom is 0.119 e. The molecule has 0 bridgehead atoms. The van der Waals surface area contributed by atoms with E-state index in [1.54, 1.807) is 6.07 Å². The zero-order chi connectivity index (χ0) is 10.4. The largest absolute Gasteiger partial charge is 0.508 e. The van der Waals surface area contributed by atoms with Gasteiger partial charge in [0.15, 0.2) is 0 Å². The van der Waals surface area contributed by atoms with E-state index >= 15 is 0 Å². The Labute approximate surface area is 86.1 Å². The number of phenolic OH excluding ortho intramolecular Hbond substituents is 1. The fourth-order valence-corrected chi connectivity index (χ4v) is 1.35. The van der Waals surface area contributed by atoms with Gasteiger partial charge in [-0.3, -0.25) is 0 Å². The molecule has 0 atom stereocenters. The Hall–Kier alpha value is -1.24. The van der Waals surface area contributed by atoms with Crippen LogP contribution in [0.5, 0.6) is 5.75 Å². The summed E-state index contributed by atoms with van der Waals surface area (Å²) >= 11 is 0. The molecule has 0 saturated carbocycles. The molecule has 0 aliphatic heterocycles. The Morgan fingerprint density at radius 2 is 2.14 bits per heavy atom. The van der Waals surface area contributed by atoms with Crippen LogP contribution in [0.1, 0.15) is 37.3 Å². The first kappa shape index (κ1) is 10.8. The molecule has 1 heteroatoms. The Morgan fingerprint density at radius 3 is 2.86 bits per heavy atom. The number of allylic oxidation sites excluding steroid dienone is 1. The summed E-state index contributed by atoms with van der Waals surface area (Å²) in [5.41, 5.74) is 2.07. The quantitative estimate of drug-likeness (QED) is 0.714. The summed E-state index contributed by atoms with van der Waals surface area (Å²) in [6.07, 6.45) is 7.83. The van der Waals surface area contributed by atoms with E-state index in [1.807, 2.05) is 19.1 Å². The first-order valence-electron chi connectivity index (χ1n) is 5.20. The molecule has 0 fully saturated rings. The van der Waals surface area contributed by atoms with E-state index in [0.29, 0.717) is 5.75 Å². The van der Waals surface area contributed by atoms with Crippen molar-refractivity contribution in [2.75, 3.05) is 0 Å². The van der Waals surface area contributed by atoms with E-state index in [0.717, 1.165) is 17.5 Å². The van der Waals surface area contributed by atoms with Crippen LogP contribution >= 0.6 is 0 Å². The van der Waals surface area contributed by atoms with Crippen molar-refractivity contribution < 1.29 is 5.11 Å². The summed E-state index contributed by atoms with van der Waals surface area (Å²) in [5.74, 6) is 0.377. The lowest BCUT2D eigenvalue weighted by atomic mass is 10.1. The average Bonchev–Trinajstić information content (AvgIpc) is 2.19. The van der Waals surface area contributed by atoms with Gasteiger partial charge in [-0.2, -0.15) is 0 Å². The summed E-state index contributed by atoms with van der Waals surface area (Å²) in [6, 6.07) is 5.62. The molecule has 0 spiro atoms. The zero-order valence-electron chi connectivity index (χ0n) is 8.96. The monoisotopic (exact) mass is 190 g/mol. The lowest BCUT2D eigenvalue weighted by Gasteiger charge is -2.02. The van der Waals surface area contributed by atoms with Crippen molar-refractivity contribution in [3.05, 3.63) is 35.4 Å². The summed E-state index contributed by atoms with van der Waals surface area (Å²) in [4.78, 5) is 0. The van der Waals surface area contributed by atoms with Gasteiger partial charge in [0.2, 0.25) is 0 Å². The van der Waals surface area contributed by atoms with Crippen molar-refractivity contribution in [3.63, 3.8) is 0 Å². The molecule has 0 heterocycles. The summed E-state index contributed by atoms with van der Waals surface area (Å²) in [7, 11) is 0. The molecule has 1 nitrogen and oxygen atoms in total. The first-order valence-corrected chi connectivity index (χ1v) is 5.20. The molecule has 1 aromatic rings. The Kier molecular flexibility index (Phi) is 4.24. The number of rotatable bonds is 4. The molecule has 0 saturated heterocycles. The number of aromatic hydroxyl groups is 1. The number of unbranched alkanes of at least 4 members (excludes halogenated alkanes) is 2. The second-order valence-corrected chi connectivity index (χ2v) is 3.54. The van der Waals surface area contributed by atoms with E-state index in [2.05, 4.69) is 19.1 Å². The maximum absolute atomic E-state index is 9.47. The number of benzene rings is 1. The minimum atomic E-state index is 0.377. The van der Waals surface area contributed by atoms with Crippen LogP contribution in [0.15, 0.2) is 24.3 Å². The van der Waals surface area contributed by atoms with Gasteiger partial charge < -0.3 is 5.11 Å². The number of hydrogen-bond acceptors (Lipinski definition) is 1. The Morgan fingerprint density at radius 1 is 1.36 bits per heavy atom. The fraction of sp³-hybridized carbons (Fsp3) is 0.385. The van der Waals surface area contributed by atoms with Crippen LogP contribution in [-0.4, -0.2) is 5.11 Å². The molecule has 76 valence electrons. The van der Waals surface area contributed by atoms with Crippen molar-refractivity contribution in [2.24, 2.45) is 0 Å². The predicted octanol–water partition coefficient (Wildman–Crippen LogP) is 3.90. The Balaban J connectivity index is 2.67. The minimum Gasteiger partial charge on any atom is -0.508 e. The molecule has 14 heavy (non-hydrogen) atoms. The van der Waals surface area contributed by atoms with Gasteiger partial charge in [0.25, 0.3) is 0 Å². The molecule has 0 aliphatic carbocycles. The third-order valence-electron chi connectivity index (χ3n) is 2.37. The molecular formula is C13H18O. The molecule has 1 N–H and O–H groups in total. The summed E-state index contributed by atoms with van der Waals surface area (Å²) < 4.78 is 0. The number of phenols is 1. The van der Waals surface area contributed by atoms with Crippen LogP contribution in [0.2, 0.25) is 0 Å². The smallest absolute Gasteiger partial charge is 0.119 e. The number of hydrogen-bond donors (Lipinski definition) is 1. The van der Waals surface area contributed by atoms with Crippen molar-refractivity contribution in [1.82, 2.24) is 0 Å². The van der Waals surface area contributed by atoms with Crippen molar-refractivity contribution >= 4 is 6.08 Å². The molecular weight excluding hydrogens is 172 g/mol. The highest BCUT2D eigenvalue weighted by molar-refractivity contribution is 5.56. The van der Waals surface area contributed by atoms with Gasteiger partial charge in [0.05, 0.1) is 0 Å². The summed E-state index contributed by atoms with van der Waals surface area (Å²) in [5, 5.41) is 9.47. The van der Waals surface area contributed by atoms with Crippen LogP contribution < -0.4 is 0 Å². The van der Waals surface area contributed by atoms with E-state index in [1.165, 1.54) is 12.8 Å². The standard InChI is InChI=1S/C13H18O/c1-3-4-5-6-8-12-9-7-10-13(14)11(12)2/h6-10,14H,3-5H2,1-2H3. The lowest BCUT2D eigenvalue weighted by Crippen LogP contribution is -1.80. The van der Waals surface area contributed by atoms with E-state index in [4.69, 9.17) is 0 Å². The van der Waals surface area contributed by atoms with Gasteiger partial charge in [-0.25, -0.2) is 0 Å². The van der Waals surface area contributed by atoms with Crippen LogP contribution in [0.3, 0.4) is 0 Å². The van der Waals surface area contributed by atoms with E-state index in [-0.39, 0.29) is 0 Å². The molecule has 1 aromatic carbocycles. The van der Waals surface area contributed by atoms with Gasteiger partial charge in [-0.15, -0.1) is 0 Å². The van der Waals surface area contributed by atoms with Gasteiger partial charge >= 0.3 is 0 Å². The van der Waals surface area contributed by atoms with Gasteiger partial charge in [0.1, 0.15) is 5.75 Å².